The van der Waals surface area contributed by atoms with Crippen molar-refractivity contribution < 1.29 is 9.90 Å². The highest BCUT2D eigenvalue weighted by atomic mass is 35.5. The van der Waals surface area contributed by atoms with Crippen LogP contribution in [0.4, 0.5) is 0 Å². The SMILES string of the molecule is Cc1c(C(=O)O)c(C)n(-c2cccc(Cl)c2)c1C. The lowest BCUT2D eigenvalue weighted by atomic mass is 10.1. The minimum atomic E-state index is -0.895. The summed E-state index contributed by atoms with van der Waals surface area (Å²) in [7, 11) is 0. The fourth-order valence-corrected chi connectivity index (χ4v) is 2.49. The van der Waals surface area contributed by atoms with Crippen LogP contribution in [0.2, 0.25) is 5.02 Å². The lowest BCUT2D eigenvalue weighted by Gasteiger charge is -2.09. The summed E-state index contributed by atoms with van der Waals surface area (Å²) in [5.41, 5.74) is 3.69. The van der Waals surface area contributed by atoms with Gasteiger partial charge in [0.15, 0.2) is 0 Å². The van der Waals surface area contributed by atoms with Crippen molar-refractivity contribution in [1.82, 2.24) is 4.57 Å². The normalized spacial score (nSPS) is 10.7. The first-order valence-corrected chi connectivity index (χ1v) is 5.99. The number of benzene rings is 1. The third kappa shape index (κ3) is 1.91. The first-order chi connectivity index (χ1) is 8.43. The van der Waals surface area contributed by atoms with Crippen molar-refractivity contribution in [2.45, 2.75) is 20.8 Å². The van der Waals surface area contributed by atoms with E-state index in [1.165, 1.54) is 0 Å². The molecule has 0 radical (unpaired) electrons. The van der Waals surface area contributed by atoms with E-state index in [0.29, 0.717) is 10.6 Å². The lowest BCUT2D eigenvalue weighted by Crippen LogP contribution is -2.02. The largest absolute Gasteiger partial charge is 0.478 e. The molecule has 0 amide bonds. The molecule has 0 saturated heterocycles. The van der Waals surface area contributed by atoms with Gasteiger partial charge in [-0.1, -0.05) is 17.7 Å². The number of halogens is 1. The molecule has 2 aromatic rings. The number of carboxylic acid groups (broad SMARTS) is 1. The molecule has 18 heavy (non-hydrogen) atoms. The fraction of sp³-hybridized carbons (Fsp3) is 0.214. The summed E-state index contributed by atoms with van der Waals surface area (Å²) in [6, 6.07) is 7.39. The average molecular weight is 264 g/mol. The van der Waals surface area contributed by atoms with E-state index in [-0.39, 0.29) is 0 Å². The number of rotatable bonds is 2. The molecule has 1 aromatic heterocycles. The maximum atomic E-state index is 11.3. The summed E-state index contributed by atoms with van der Waals surface area (Å²) < 4.78 is 1.92. The van der Waals surface area contributed by atoms with Gasteiger partial charge in [-0.15, -0.1) is 0 Å². The molecule has 0 unspecified atom stereocenters. The van der Waals surface area contributed by atoms with Crippen LogP contribution in [0.25, 0.3) is 5.69 Å². The fourth-order valence-electron chi connectivity index (χ4n) is 2.30. The molecule has 0 spiro atoms. The Kier molecular flexibility index (Phi) is 3.18. The molecule has 0 saturated carbocycles. The second-order valence-electron chi connectivity index (χ2n) is 4.29. The van der Waals surface area contributed by atoms with Gasteiger partial charge >= 0.3 is 5.97 Å². The van der Waals surface area contributed by atoms with E-state index < -0.39 is 5.97 Å². The van der Waals surface area contributed by atoms with E-state index in [9.17, 15) is 9.90 Å². The summed E-state index contributed by atoms with van der Waals surface area (Å²) >= 11 is 5.98. The molecule has 0 aliphatic heterocycles. The highest BCUT2D eigenvalue weighted by Crippen LogP contribution is 2.26. The van der Waals surface area contributed by atoms with Crippen LogP contribution in [0.5, 0.6) is 0 Å². The quantitative estimate of drug-likeness (QED) is 0.897. The molecule has 0 fully saturated rings. The second kappa shape index (κ2) is 4.50. The number of carboxylic acids is 1. The summed E-state index contributed by atoms with van der Waals surface area (Å²) in [6.07, 6.45) is 0. The smallest absolute Gasteiger partial charge is 0.337 e. The van der Waals surface area contributed by atoms with Gasteiger partial charge in [0.2, 0.25) is 0 Å². The van der Waals surface area contributed by atoms with E-state index in [1.54, 1.807) is 6.07 Å². The number of aromatic nitrogens is 1. The van der Waals surface area contributed by atoms with Crippen molar-refractivity contribution in [1.29, 1.82) is 0 Å². The summed E-state index contributed by atoms with van der Waals surface area (Å²) in [5.74, 6) is -0.895. The van der Waals surface area contributed by atoms with Crippen LogP contribution < -0.4 is 0 Å². The van der Waals surface area contributed by atoms with Gasteiger partial charge in [-0.25, -0.2) is 4.79 Å². The number of hydrogen-bond donors (Lipinski definition) is 1. The molecule has 0 aliphatic rings. The highest BCUT2D eigenvalue weighted by Gasteiger charge is 2.20. The van der Waals surface area contributed by atoms with Crippen LogP contribution in [-0.4, -0.2) is 15.6 Å². The average Bonchev–Trinajstić information content (AvgIpc) is 2.50. The third-order valence-corrected chi connectivity index (χ3v) is 3.47. The Bertz CT molecular complexity index is 629. The molecule has 94 valence electrons. The van der Waals surface area contributed by atoms with Crippen LogP contribution in [-0.2, 0) is 0 Å². The highest BCUT2D eigenvalue weighted by molar-refractivity contribution is 6.30. The number of carbonyl (C=O) groups is 1. The Morgan fingerprint density at radius 2 is 1.89 bits per heavy atom. The van der Waals surface area contributed by atoms with Crippen molar-refractivity contribution in [2.24, 2.45) is 0 Å². The summed E-state index contributed by atoms with van der Waals surface area (Å²) in [5, 5.41) is 9.88. The molecule has 0 bridgehead atoms. The summed E-state index contributed by atoms with van der Waals surface area (Å²) in [4.78, 5) is 11.3. The van der Waals surface area contributed by atoms with Crippen LogP contribution >= 0.6 is 11.6 Å². The van der Waals surface area contributed by atoms with E-state index >= 15 is 0 Å². The van der Waals surface area contributed by atoms with Gasteiger partial charge in [-0.3, -0.25) is 0 Å². The van der Waals surface area contributed by atoms with E-state index in [0.717, 1.165) is 22.6 Å². The number of aromatic carboxylic acids is 1. The molecule has 0 aliphatic carbocycles. The maximum absolute atomic E-state index is 11.3. The molecule has 2 rings (SSSR count). The monoisotopic (exact) mass is 263 g/mol. The lowest BCUT2D eigenvalue weighted by molar-refractivity contribution is 0.0695. The molecular weight excluding hydrogens is 250 g/mol. The second-order valence-corrected chi connectivity index (χ2v) is 4.73. The van der Waals surface area contributed by atoms with Crippen molar-refractivity contribution in [3.05, 3.63) is 51.8 Å². The standard InChI is InChI=1S/C14H14ClNO2/c1-8-9(2)16(10(3)13(8)14(17)18)12-6-4-5-11(15)7-12/h4-7H,1-3H3,(H,17,18). The Morgan fingerprint density at radius 3 is 2.39 bits per heavy atom. The zero-order valence-corrected chi connectivity index (χ0v) is 11.2. The summed E-state index contributed by atoms with van der Waals surface area (Å²) in [6.45, 7) is 5.55. The van der Waals surface area contributed by atoms with Crippen LogP contribution in [0, 0.1) is 20.8 Å². The molecular formula is C14H14ClNO2. The Balaban J connectivity index is 2.73. The Morgan fingerprint density at radius 1 is 1.22 bits per heavy atom. The zero-order valence-electron chi connectivity index (χ0n) is 10.5. The minimum Gasteiger partial charge on any atom is -0.478 e. The molecule has 3 nitrogen and oxygen atoms in total. The van der Waals surface area contributed by atoms with Gasteiger partial charge in [-0.2, -0.15) is 0 Å². The van der Waals surface area contributed by atoms with Gasteiger partial charge in [-0.05, 0) is 44.5 Å². The molecule has 1 heterocycles. The maximum Gasteiger partial charge on any atom is 0.337 e. The van der Waals surface area contributed by atoms with Crippen molar-refractivity contribution in [2.75, 3.05) is 0 Å². The zero-order chi connectivity index (χ0) is 13.4. The van der Waals surface area contributed by atoms with Gasteiger partial charge < -0.3 is 9.67 Å². The van der Waals surface area contributed by atoms with Gasteiger partial charge in [0.05, 0.1) is 5.56 Å². The predicted octanol–water partition coefficient (Wildman–Crippen LogP) is 3.75. The third-order valence-electron chi connectivity index (χ3n) is 3.23. The van der Waals surface area contributed by atoms with Gasteiger partial charge in [0, 0.05) is 22.1 Å². The van der Waals surface area contributed by atoms with Crippen LogP contribution in [0.1, 0.15) is 27.3 Å². The van der Waals surface area contributed by atoms with Crippen LogP contribution in [0.3, 0.4) is 0 Å². The predicted molar refractivity (Wildman–Crippen MR) is 71.9 cm³/mol. The molecule has 4 heteroatoms. The van der Waals surface area contributed by atoms with Crippen molar-refractivity contribution in [3.8, 4) is 5.69 Å². The van der Waals surface area contributed by atoms with Crippen molar-refractivity contribution >= 4 is 17.6 Å². The molecule has 0 atom stereocenters. The number of hydrogen-bond acceptors (Lipinski definition) is 1. The Hall–Kier alpha value is -1.74. The first kappa shape index (κ1) is 12.7. The van der Waals surface area contributed by atoms with E-state index in [4.69, 9.17) is 11.6 Å². The molecule has 1 N–H and O–H groups in total. The Labute approximate surface area is 111 Å². The van der Waals surface area contributed by atoms with Gasteiger partial charge in [0.25, 0.3) is 0 Å². The van der Waals surface area contributed by atoms with Crippen LogP contribution in [0.15, 0.2) is 24.3 Å². The first-order valence-electron chi connectivity index (χ1n) is 5.61. The molecule has 1 aromatic carbocycles. The van der Waals surface area contributed by atoms with Gasteiger partial charge in [0.1, 0.15) is 0 Å². The minimum absolute atomic E-state index is 0.368. The number of nitrogens with zero attached hydrogens (tertiary/aromatic N) is 1. The van der Waals surface area contributed by atoms with Crippen molar-refractivity contribution in [3.63, 3.8) is 0 Å². The van der Waals surface area contributed by atoms with E-state index in [1.807, 2.05) is 43.5 Å². The van der Waals surface area contributed by atoms with E-state index in [2.05, 4.69) is 0 Å². The topological polar surface area (TPSA) is 42.2 Å².